The molecule has 0 spiro atoms. The van der Waals surface area contributed by atoms with Crippen molar-refractivity contribution in [2.45, 2.75) is 6.92 Å². The highest BCUT2D eigenvalue weighted by atomic mass is 79.9. The molecule has 1 amide bonds. The monoisotopic (exact) mass is 323 g/mol. The summed E-state index contributed by atoms with van der Waals surface area (Å²) in [5, 5.41) is 0. The van der Waals surface area contributed by atoms with Gasteiger partial charge in [-0.1, -0.05) is 15.9 Å². The molecule has 0 unspecified atom stereocenters. The Kier molecular flexibility index (Phi) is 3.85. The molecule has 3 nitrogen and oxygen atoms in total. The van der Waals surface area contributed by atoms with Crippen LogP contribution in [0, 0.1) is 12.7 Å². The summed E-state index contributed by atoms with van der Waals surface area (Å²) in [6.45, 7) is 1.74. The first-order valence-electron chi connectivity index (χ1n) is 5.51. The van der Waals surface area contributed by atoms with Crippen molar-refractivity contribution in [3.05, 3.63) is 57.8 Å². The van der Waals surface area contributed by atoms with Crippen LogP contribution < -0.4 is 10.5 Å². The predicted molar refractivity (Wildman–Crippen MR) is 73.9 cm³/mol. The number of carbonyl (C=O) groups excluding carboxylic acids is 1. The number of benzene rings is 2. The summed E-state index contributed by atoms with van der Waals surface area (Å²) in [5.74, 6) is -0.405. The summed E-state index contributed by atoms with van der Waals surface area (Å²) in [4.78, 5) is 11.1. The Labute approximate surface area is 118 Å². The Morgan fingerprint density at radius 1 is 1.26 bits per heavy atom. The van der Waals surface area contributed by atoms with Crippen molar-refractivity contribution in [1.29, 1.82) is 0 Å². The normalized spacial score (nSPS) is 10.3. The average Bonchev–Trinajstić information content (AvgIpc) is 2.33. The first-order chi connectivity index (χ1) is 8.97. The van der Waals surface area contributed by atoms with E-state index < -0.39 is 11.7 Å². The molecule has 0 aromatic heterocycles. The Morgan fingerprint density at radius 2 is 2.00 bits per heavy atom. The van der Waals surface area contributed by atoms with Gasteiger partial charge in [0, 0.05) is 10.0 Å². The second-order valence-electron chi connectivity index (χ2n) is 4.02. The zero-order chi connectivity index (χ0) is 14.0. The third kappa shape index (κ3) is 3.12. The van der Waals surface area contributed by atoms with Crippen LogP contribution in [-0.2, 0) is 0 Å². The summed E-state index contributed by atoms with van der Waals surface area (Å²) >= 11 is 3.25. The molecule has 0 aliphatic heterocycles. The van der Waals surface area contributed by atoms with Gasteiger partial charge in [-0.05, 0) is 48.9 Å². The standard InChI is InChI=1S/C14H11BrFNO2/c1-8-6-10(3-4-11(8)14(17)18)19-13-7-9(15)2-5-12(13)16/h2-7H,1H3,(H2,17,18). The van der Waals surface area contributed by atoms with E-state index in [1.54, 1.807) is 31.2 Å². The molecule has 0 aliphatic carbocycles. The summed E-state index contributed by atoms with van der Waals surface area (Å²) in [7, 11) is 0. The van der Waals surface area contributed by atoms with Crippen molar-refractivity contribution < 1.29 is 13.9 Å². The van der Waals surface area contributed by atoms with Crippen LogP contribution in [0.1, 0.15) is 15.9 Å². The molecule has 0 bridgehead atoms. The van der Waals surface area contributed by atoms with Crippen molar-refractivity contribution >= 4 is 21.8 Å². The topological polar surface area (TPSA) is 52.3 Å². The maximum atomic E-state index is 13.5. The molecule has 0 radical (unpaired) electrons. The molecule has 19 heavy (non-hydrogen) atoms. The predicted octanol–water partition coefficient (Wildman–Crippen LogP) is 3.79. The van der Waals surface area contributed by atoms with E-state index in [-0.39, 0.29) is 5.75 Å². The fourth-order valence-corrected chi connectivity index (χ4v) is 2.00. The van der Waals surface area contributed by atoms with Crippen LogP contribution in [0.25, 0.3) is 0 Å². The molecule has 0 heterocycles. The van der Waals surface area contributed by atoms with Gasteiger partial charge in [0.2, 0.25) is 5.91 Å². The summed E-state index contributed by atoms with van der Waals surface area (Å²) in [6.07, 6.45) is 0. The van der Waals surface area contributed by atoms with E-state index in [1.807, 2.05) is 0 Å². The number of primary amides is 1. The van der Waals surface area contributed by atoms with Crippen molar-refractivity contribution in [3.63, 3.8) is 0 Å². The summed E-state index contributed by atoms with van der Waals surface area (Å²) in [5.41, 5.74) is 6.31. The number of halogens is 2. The summed E-state index contributed by atoms with van der Waals surface area (Å²) < 4.78 is 19.7. The van der Waals surface area contributed by atoms with Gasteiger partial charge in [-0.3, -0.25) is 4.79 Å². The molecule has 98 valence electrons. The quantitative estimate of drug-likeness (QED) is 0.934. The molecule has 0 fully saturated rings. The van der Waals surface area contributed by atoms with E-state index in [4.69, 9.17) is 10.5 Å². The number of ether oxygens (including phenoxy) is 1. The van der Waals surface area contributed by atoms with E-state index in [9.17, 15) is 9.18 Å². The lowest BCUT2D eigenvalue weighted by atomic mass is 10.1. The van der Waals surface area contributed by atoms with Gasteiger partial charge >= 0.3 is 0 Å². The van der Waals surface area contributed by atoms with E-state index in [1.165, 1.54) is 12.1 Å². The molecular weight excluding hydrogens is 313 g/mol. The number of rotatable bonds is 3. The minimum atomic E-state index is -0.502. The van der Waals surface area contributed by atoms with Crippen molar-refractivity contribution in [2.24, 2.45) is 5.73 Å². The number of aryl methyl sites for hydroxylation is 1. The molecule has 2 rings (SSSR count). The molecule has 2 aromatic carbocycles. The van der Waals surface area contributed by atoms with Gasteiger partial charge in [0.15, 0.2) is 11.6 Å². The largest absolute Gasteiger partial charge is 0.454 e. The fraction of sp³-hybridized carbons (Fsp3) is 0.0714. The molecule has 0 saturated heterocycles. The molecular formula is C14H11BrFNO2. The van der Waals surface area contributed by atoms with Crippen LogP contribution in [0.2, 0.25) is 0 Å². The van der Waals surface area contributed by atoms with Gasteiger partial charge in [0.05, 0.1) is 0 Å². The highest BCUT2D eigenvalue weighted by Crippen LogP contribution is 2.28. The number of carbonyl (C=O) groups is 1. The minimum absolute atomic E-state index is 0.112. The van der Waals surface area contributed by atoms with Crippen molar-refractivity contribution in [3.8, 4) is 11.5 Å². The number of amides is 1. The van der Waals surface area contributed by atoms with E-state index >= 15 is 0 Å². The maximum absolute atomic E-state index is 13.5. The summed E-state index contributed by atoms with van der Waals surface area (Å²) in [6, 6.07) is 9.21. The first kappa shape index (κ1) is 13.5. The zero-order valence-electron chi connectivity index (χ0n) is 10.1. The van der Waals surface area contributed by atoms with Crippen LogP contribution >= 0.6 is 15.9 Å². The van der Waals surface area contributed by atoms with Gasteiger partial charge < -0.3 is 10.5 Å². The highest BCUT2D eigenvalue weighted by Gasteiger charge is 2.09. The Morgan fingerprint density at radius 3 is 2.63 bits per heavy atom. The van der Waals surface area contributed by atoms with Gasteiger partial charge in [0.25, 0.3) is 0 Å². The van der Waals surface area contributed by atoms with Crippen LogP contribution in [0.5, 0.6) is 11.5 Å². The highest BCUT2D eigenvalue weighted by molar-refractivity contribution is 9.10. The van der Waals surface area contributed by atoms with Crippen molar-refractivity contribution in [1.82, 2.24) is 0 Å². The van der Waals surface area contributed by atoms with Crippen LogP contribution in [0.3, 0.4) is 0 Å². The number of hydrogen-bond acceptors (Lipinski definition) is 2. The maximum Gasteiger partial charge on any atom is 0.248 e. The third-order valence-corrected chi connectivity index (χ3v) is 3.08. The Balaban J connectivity index is 2.31. The first-order valence-corrected chi connectivity index (χ1v) is 6.30. The van der Waals surface area contributed by atoms with Crippen molar-refractivity contribution in [2.75, 3.05) is 0 Å². The molecule has 2 aromatic rings. The number of nitrogens with two attached hydrogens (primary N) is 1. The SMILES string of the molecule is Cc1cc(Oc2cc(Br)ccc2F)ccc1C(N)=O. The smallest absolute Gasteiger partial charge is 0.248 e. The lowest BCUT2D eigenvalue weighted by molar-refractivity contribution is 0.0999. The average molecular weight is 324 g/mol. The lowest BCUT2D eigenvalue weighted by Crippen LogP contribution is -2.12. The Bertz CT molecular complexity index is 643. The lowest BCUT2D eigenvalue weighted by Gasteiger charge is -2.09. The molecule has 2 N–H and O–H groups in total. The number of hydrogen-bond donors (Lipinski definition) is 1. The minimum Gasteiger partial charge on any atom is -0.454 e. The van der Waals surface area contributed by atoms with Gasteiger partial charge in [0.1, 0.15) is 5.75 Å². The van der Waals surface area contributed by atoms with Gasteiger partial charge in [-0.25, -0.2) is 4.39 Å². The molecule has 0 aliphatic rings. The second kappa shape index (κ2) is 5.40. The molecule has 0 saturated carbocycles. The van der Waals surface area contributed by atoms with E-state index in [0.29, 0.717) is 16.9 Å². The zero-order valence-corrected chi connectivity index (χ0v) is 11.7. The molecule has 5 heteroatoms. The van der Waals surface area contributed by atoms with Crippen LogP contribution in [-0.4, -0.2) is 5.91 Å². The van der Waals surface area contributed by atoms with Crippen LogP contribution in [0.15, 0.2) is 40.9 Å². The Hall–Kier alpha value is -1.88. The van der Waals surface area contributed by atoms with Crippen LogP contribution in [0.4, 0.5) is 4.39 Å². The van der Waals surface area contributed by atoms with E-state index in [2.05, 4.69) is 15.9 Å². The van der Waals surface area contributed by atoms with Gasteiger partial charge in [-0.15, -0.1) is 0 Å². The third-order valence-electron chi connectivity index (χ3n) is 2.58. The van der Waals surface area contributed by atoms with E-state index in [0.717, 1.165) is 4.47 Å². The van der Waals surface area contributed by atoms with Gasteiger partial charge in [-0.2, -0.15) is 0 Å². The fourth-order valence-electron chi connectivity index (χ4n) is 1.66. The second-order valence-corrected chi connectivity index (χ2v) is 4.93. The molecule has 0 atom stereocenters.